The lowest BCUT2D eigenvalue weighted by Gasteiger charge is -2.28. The third kappa shape index (κ3) is 4.21. The molecule has 0 saturated heterocycles. The van der Waals surface area contributed by atoms with Crippen molar-refractivity contribution in [2.24, 2.45) is 0 Å². The first kappa shape index (κ1) is 28.8. The van der Waals surface area contributed by atoms with Crippen LogP contribution in [0.25, 0.3) is 88.1 Å². The van der Waals surface area contributed by atoms with E-state index < -0.39 is 0 Å². The Hall–Kier alpha value is -7.04. The van der Waals surface area contributed by atoms with Crippen molar-refractivity contribution in [3.63, 3.8) is 0 Å². The summed E-state index contributed by atoms with van der Waals surface area (Å²) in [5.74, 6) is 0. The van der Waals surface area contributed by atoms with Crippen LogP contribution in [0.3, 0.4) is 0 Å². The Morgan fingerprint density at radius 2 is 0.904 bits per heavy atom. The molecule has 0 bridgehead atoms. The predicted molar refractivity (Wildman–Crippen MR) is 214 cm³/mol. The van der Waals surface area contributed by atoms with Crippen molar-refractivity contribution < 1.29 is 13.3 Å². The highest BCUT2D eigenvalue weighted by Gasteiger charge is 2.27. The molecule has 0 fully saturated rings. The topological polar surface area (TPSA) is 42.7 Å². The standard InChI is InChI=1S/C48H29NO3/c1-3-15-30(16-4-1)32-19-7-10-23-37(32)49(39-25-13-22-34-33-20-8-11-26-40(33)51-47(34)39)38-24-14-28-42-45(38)36-29-43-46(35-21-9-12-27-41(35)50-43)44(48(36)52-42)31-17-5-2-6-18-31/h1-29H. The number of fused-ring (bicyclic) bond motifs is 9. The minimum absolute atomic E-state index is 0.792. The van der Waals surface area contributed by atoms with Gasteiger partial charge in [0.25, 0.3) is 0 Å². The first-order valence-corrected chi connectivity index (χ1v) is 17.5. The molecule has 3 aromatic heterocycles. The maximum absolute atomic E-state index is 6.99. The summed E-state index contributed by atoms with van der Waals surface area (Å²) in [6.45, 7) is 0. The summed E-state index contributed by atoms with van der Waals surface area (Å²) in [4.78, 5) is 2.34. The lowest BCUT2D eigenvalue weighted by Crippen LogP contribution is -2.12. The van der Waals surface area contributed by atoms with E-state index in [9.17, 15) is 0 Å². The highest BCUT2D eigenvalue weighted by molar-refractivity contribution is 6.26. The molecule has 0 saturated carbocycles. The number of hydrogen-bond acceptors (Lipinski definition) is 4. The van der Waals surface area contributed by atoms with Gasteiger partial charge in [-0.1, -0.05) is 133 Å². The van der Waals surface area contributed by atoms with Crippen molar-refractivity contribution >= 4 is 82.9 Å². The van der Waals surface area contributed by atoms with E-state index >= 15 is 0 Å². The minimum Gasteiger partial charge on any atom is -0.456 e. The zero-order valence-corrected chi connectivity index (χ0v) is 27.9. The van der Waals surface area contributed by atoms with E-state index in [2.05, 4.69) is 150 Å². The maximum Gasteiger partial charge on any atom is 0.159 e. The van der Waals surface area contributed by atoms with E-state index in [-0.39, 0.29) is 0 Å². The van der Waals surface area contributed by atoms with Crippen molar-refractivity contribution in [2.45, 2.75) is 0 Å². The zero-order valence-electron chi connectivity index (χ0n) is 27.9. The molecule has 0 aliphatic carbocycles. The Balaban J connectivity index is 1.29. The summed E-state index contributed by atoms with van der Waals surface area (Å²) >= 11 is 0. The second-order valence-electron chi connectivity index (χ2n) is 13.2. The monoisotopic (exact) mass is 667 g/mol. The molecule has 0 N–H and O–H groups in total. The van der Waals surface area contributed by atoms with Crippen LogP contribution >= 0.6 is 0 Å². The first-order chi connectivity index (χ1) is 25.8. The third-order valence-electron chi connectivity index (χ3n) is 10.3. The van der Waals surface area contributed by atoms with Crippen LogP contribution in [0.4, 0.5) is 17.1 Å². The molecule has 0 radical (unpaired) electrons. The van der Waals surface area contributed by atoms with Crippen LogP contribution in [0, 0.1) is 0 Å². The van der Waals surface area contributed by atoms with Gasteiger partial charge < -0.3 is 18.2 Å². The molecule has 0 spiro atoms. The van der Waals surface area contributed by atoms with E-state index in [0.29, 0.717) is 0 Å². The molecule has 0 amide bonds. The van der Waals surface area contributed by atoms with E-state index in [0.717, 1.165) is 105 Å². The molecule has 52 heavy (non-hydrogen) atoms. The van der Waals surface area contributed by atoms with Crippen LogP contribution < -0.4 is 4.90 Å². The first-order valence-electron chi connectivity index (χ1n) is 17.5. The smallest absolute Gasteiger partial charge is 0.159 e. The number of rotatable bonds is 5. The van der Waals surface area contributed by atoms with Gasteiger partial charge in [-0.15, -0.1) is 0 Å². The van der Waals surface area contributed by atoms with Gasteiger partial charge in [0.2, 0.25) is 0 Å². The van der Waals surface area contributed by atoms with Gasteiger partial charge in [0, 0.05) is 38.1 Å². The van der Waals surface area contributed by atoms with Crippen LogP contribution in [-0.2, 0) is 0 Å². The molecule has 4 heteroatoms. The summed E-state index contributed by atoms with van der Waals surface area (Å²) < 4.78 is 20.3. The van der Waals surface area contributed by atoms with E-state index in [1.807, 2.05) is 30.3 Å². The van der Waals surface area contributed by atoms with Crippen LogP contribution in [0.1, 0.15) is 0 Å². The number of furan rings is 3. The molecular formula is C48H29NO3. The van der Waals surface area contributed by atoms with Crippen molar-refractivity contribution in [2.75, 3.05) is 4.90 Å². The predicted octanol–water partition coefficient (Wildman–Crippen LogP) is 14.2. The van der Waals surface area contributed by atoms with Crippen LogP contribution in [0.5, 0.6) is 0 Å². The Labute approximate surface area is 298 Å². The Morgan fingerprint density at radius 3 is 1.73 bits per heavy atom. The summed E-state index contributed by atoms with van der Waals surface area (Å²) in [6, 6.07) is 61.0. The molecule has 0 unspecified atom stereocenters. The van der Waals surface area contributed by atoms with Crippen molar-refractivity contribution in [3.8, 4) is 22.3 Å². The van der Waals surface area contributed by atoms with Crippen LogP contribution in [0.15, 0.2) is 189 Å². The lowest BCUT2D eigenvalue weighted by molar-refractivity contribution is 0.664. The van der Waals surface area contributed by atoms with Gasteiger partial charge in [0.15, 0.2) is 5.58 Å². The fraction of sp³-hybridized carbons (Fsp3) is 0. The quantitative estimate of drug-likeness (QED) is 0.183. The molecule has 3 heterocycles. The average Bonchev–Trinajstić information content (AvgIpc) is 3.90. The van der Waals surface area contributed by atoms with E-state index in [1.165, 1.54) is 0 Å². The average molecular weight is 668 g/mol. The van der Waals surface area contributed by atoms with Crippen LogP contribution in [-0.4, -0.2) is 0 Å². The Morgan fingerprint density at radius 1 is 0.327 bits per heavy atom. The van der Waals surface area contributed by atoms with Gasteiger partial charge in [-0.3, -0.25) is 0 Å². The van der Waals surface area contributed by atoms with Gasteiger partial charge >= 0.3 is 0 Å². The fourth-order valence-electron chi connectivity index (χ4n) is 8.04. The highest BCUT2D eigenvalue weighted by Crippen LogP contribution is 2.51. The SMILES string of the molecule is c1ccc(-c2ccccc2N(c2cccc3c2oc2ccccc23)c2cccc3oc4c(-c5ccccc5)c5c(cc4c23)oc2ccccc25)cc1. The number of para-hydroxylation sites is 4. The zero-order chi connectivity index (χ0) is 34.2. The number of hydrogen-bond donors (Lipinski definition) is 0. The molecule has 8 aromatic carbocycles. The normalized spacial score (nSPS) is 11.8. The molecule has 11 aromatic rings. The van der Waals surface area contributed by atoms with Crippen molar-refractivity contribution in [1.82, 2.24) is 0 Å². The second kappa shape index (κ2) is 11.2. The van der Waals surface area contributed by atoms with E-state index in [1.54, 1.807) is 0 Å². The molecule has 244 valence electrons. The minimum atomic E-state index is 0.792. The third-order valence-corrected chi connectivity index (χ3v) is 10.3. The summed E-state index contributed by atoms with van der Waals surface area (Å²) in [7, 11) is 0. The molecular weight excluding hydrogens is 639 g/mol. The summed E-state index contributed by atoms with van der Waals surface area (Å²) in [5, 5.41) is 6.24. The van der Waals surface area contributed by atoms with Gasteiger partial charge in [-0.2, -0.15) is 0 Å². The molecule has 11 rings (SSSR count). The number of benzene rings is 8. The lowest BCUT2D eigenvalue weighted by atomic mass is 9.96. The van der Waals surface area contributed by atoms with Crippen molar-refractivity contribution in [3.05, 3.63) is 176 Å². The number of nitrogens with zero attached hydrogens (tertiary/aromatic N) is 1. The molecule has 4 nitrogen and oxygen atoms in total. The van der Waals surface area contributed by atoms with Gasteiger partial charge in [-0.25, -0.2) is 0 Å². The molecule has 0 aliphatic heterocycles. The Bertz CT molecular complexity index is 3130. The number of anilines is 3. The van der Waals surface area contributed by atoms with Crippen molar-refractivity contribution in [1.29, 1.82) is 0 Å². The molecule has 0 atom stereocenters. The van der Waals surface area contributed by atoms with Gasteiger partial charge in [-0.05, 0) is 53.6 Å². The van der Waals surface area contributed by atoms with E-state index in [4.69, 9.17) is 13.3 Å². The summed E-state index contributed by atoms with van der Waals surface area (Å²) in [6.07, 6.45) is 0. The molecule has 0 aliphatic rings. The fourth-order valence-corrected chi connectivity index (χ4v) is 8.04. The summed E-state index contributed by atoms with van der Waals surface area (Å²) in [5.41, 5.74) is 12.2. The van der Waals surface area contributed by atoms with Gasteiger partial charge in [0.05, 0.1) is 22.4 Å². The Kier molecular flexibility index (Phi) is 6.22. The maximum atomic E-state index is 6.99. The highest BCUT2D eigenvalue weighted by atomic mass is 16.3. The second-order valence-corrected chi connectivity index (χ2v) is 13.2. The van der Waals surface area contributed by atoms with Gasteiger partial charge in [0.1, 0.15) is 27.9 Å². The van der Waals surface area contributed by atoms with Crippen LogP contribution in [0.2, 0.25) is 0 Å². The largest absolute Gasteiger partial charge is 0.456 e.